The van der Waals surface area contributed by atoms with Crippen LogP contribution in [-0.2, 0) is 18.3 Å². The SMILES string of the molecule is CC(C)NC(=O)CCNCCc1cnn(C)c1. The van der Waals surface area contributed by atoms with E-state index in [2.05, 4.69) is 15.7 Å². The van der Waals surface area contributed by atoms with Crippen LogP contribution in [0.15, 0.2) is 12.4 Å². The zero-order valence-corrected chi connectivity index (χ0v) is 10.9. The van der Waals surface area contributed by atoms with Gasteiger partial charge in [-0.2, -0.15) is 5.10 Å². The van der Waals surface area contributed by atoms with Crippen molar-refractivity contribution in [2.24, 2.45) is 7.05 Å². The number of aromatic nitrogens is 2. The fourth-order valence-corrected chi connectivity index (χ4v) is 1.55. The molecule has 0 bridgehead atoms. The first-order valence-electron chi connectivity index (χ1n) is 6.05. The second-order valence-corrected chi connectivity index (χ2v) is 4.49. The predicted molar refractivity (Wildman–Crippen MR) is 67.7 cm³/mol. The molecule has 0 atom stereocenters. The lowest BCUT2D eigenvalue weighted by Gasteiger charge is -2.08. The van der Waals surface area contributed by atoms with Gasteiger partial charge in [-0.05, 0) is 32.4 Å². The average molecular weight is 238 g/mol. The summed E-state index contributed by atoms with van der Waals surface area (Å²) in [5.74, 6) is 0.105. The van der Waals surface area contributed by atoms with Crippen molar-refractivity contribution in [3.05, 3.63) is 18.0 Å². The minimum atomic E-state index is 0.105. The predicted octanol–water partition coefficient (Wildman–Crippen LogP) is 0.467. The quantitative estimate of drug-likeness (QED) is 0.679. The monoisotopic (exact) mass is 238 g/mol. The second-order valence-electron chi connectivity index (χ2n) is 4.49. The highest BCUT2D eigenvalue weighted by atomic mass is 16.1. The highest BCUT2D eigenvalue weighted by Gasteiger charge is 2.02. The summed E-state index contributed by atoms with van der Waals surface area (Å²) >= 11 is 0. The first kappa shape index (κ1) is 13.7. The van der Waals surface area contributed by atoms with Gasteiger partial charge in [-0.15, -0.1) is 0 Å². The summed E-state index contributed by atoms with van der Waals surface area (Å²) in [7, 11) is 1.91. The minimum Gasteiger partial charge on any atom is -0.354 e. The maximum Gasteiger partial charge on any atom is 0.221 e. The van der Waals surface area contributed by atoms with E-state index in [4.69, 9.17) is 0 Å². The molecular weight excluding hydrogens is 216 g/mol. The first-order valence-corrected chi connectivity index (χ1v) is 6.05. The molecule has 1 aromatic rings. The molecule has 5 heteroatoms. The number of carbonyl (C=O) groups excluding carboxylic acids is 1. The summed E-state index contributed by atoms with van der Waals surface area (Å²) in [5, 5.41) is 10.2. The van der Waals surface area contributed by atoms with Crippen molar-refractivity contribution in [1.82, 2.24) is 20.4 Å². The highest BCUT2D eigenvalue weighted by Crippen LogP contribution is 1.95. The van der Waals surface area contributed by atoms with Gasteiger partial charge in [0, 0.05) is 32.3 Å². The standard InChI is InChI=1S/C12H22N4O/c1-10(2)15-12(17)5-7-13-6-4-11-8-14-16(3)9-11/h8-10,13H,4-7H2,1-3H3,(H,15,17). The molecule has 0 saturated carbocycles. The van der Waals surface area contributed by atoms with Gasteiger partial charge in [0.15, 0.2) is 0 Å². The van der Waals surface area contributed by atoms with Gasteiger partial charge >= 0.3 is 0 Å². The van der Waals surface area contributed by atoms with Crippen LogP contribution in [-0.4, -0.2) is 34.8 Å². The van der Waals surface area contributed by atoms with Crippen LogP contribution >= 0.6 is 0 Å². The average Bonchev–Trinajstić information content (AvgIpc) is 2.62. The van der Waals surface area contributed by atoms with Crippen LogP contribution in [0.3, 0.4) is 0 Å². The third-order valence-corrected chi connectivity index (χ3v) is 2.33. The molecule has 0 saturated heterocycles. The molecule has 1 rings (SSSR count). The van der Waals surface area contributed by atoms with Crippen molar-refractivity contribution in [2.75, 3.05) is 13.1 Å². The van der Waals surface area contributed by atoms with Gasteiger partial charge in [0.05, 0.1) is 6.20 Å². The maximum absolute atomic E-state index is 11.3. The Labute approximate surface area is 103 Å². The molecule has 0 aliphatic heterocycles. The minimum absolute atomic E-state index is 0.105. The largest absolute Gasteiger partial charge is 0.354 e. The second kappa shape index (κ2) is 7.06. The van der Waals surface area contributed by atoms with E-state index in [0.29, 0.717) is 6.42 Å². The Morgan fingerprint density at radius 2 is 2.24 bits per heavy atom. The molecular formula is C12H22N4O. The van der Waals surface area contributed by atoms with E-state index in [9.17, 15) is 4.79 Å². The lowest BCUT2D eigenvalue weighted by molar-refractivity contribution is -0.121. The Morgan fingerprint density at radius 1 is 1.47 bits per heavy atom. The fourth-order valence-electron chi connectivity index (χ4n) is 1.55. The summed E-state index contributed by atoms with van der Waals surface area (Å²) < 4.78 is 1.80. The van der Waals surface area contributed by atoms with Crippen molar-refractivity contribution in [2.45, 2.75) is 32.7 Å². The van der Waals surface area contributed by atoms with Crippen LogP contribution in [0, 0.1) is 0 Å². The lowest BCUT2D eigenvalue weighted by atomic mass is 10.2. The Hall–Kier alpha value is -1.36. The molecule has 0 fully saturated rings. The summed E-state index contributed by atoms with van der Waals surface area (Å²) in [5.41, 5.74) is 1.21. The van der Waals surface area contributed by atoms with Crippen molar-refractivity contribution >= 4 is 5.91 Å². The van der Waals surface area contributed by atoms with Gasteiger partial charge < -0.3 is 10.6 Å². The van der Waals surface area contributed by atoms with Crippen molar-refractivity contribution in [3.63, 3.8) is 0 Å². The number of aryl methyl sites for hydroxylation is 1. The first-order chi connectivity index (χ1) is 8.08. The molecule has 2 N–H and O–H groups in total. The van der Waals surface area contributed by atoms with E-state index in [1.165, 1.54) is 5.56 Å². The summed E-state index contributed by atoms with van der Waals surface area (Å²) in [6, 6.07) is 0.220. The van der Waals surface area contributed by atoms with Crippen LogP contribution in [0.25, 0.3) is 0 Å². The number of rotatable bonds is 7. The molecule has 0 unspecified atom stereocenters. The molecule has 1 amide bonds. The molecule has 1 aromatic heterocycles. The topological polar surface area (TPSA) is 59.0 Å². The van der Waals surface area contributed by atoms with E-state index in [0.717, 1.165) is 19.5 Å². The third kappa shape index (κ3) is 6.06. The number of nitrogens with one attached hydrogen (secondary N) is 2. The van der Waals surface area contributed by atoms with Crippen molar-refractivity contribution < 1.29 is 4.79 Å². The van der Waals surface area contributed by atoms with Crippen molar-refractivity contribution in [3.8, 4) is 0 Å². The van der Waals surface area contributed by atoms with Crippen LogP contribution in [0.1, 0.15) is 25.8 Å². The van der Waals surface area contributed by atoms with Gasteiger partial charge in [-0.1, -0.05) is 0 Å². The Kier molecular flexibility index (Phi) is 5.69. The third-order valence-electron chi connectivity index (χ3n) is 2.33. The Balaban J connectivity index is 2.03. The summed E-state index contributed by atoms with van der Waals surface area (Å²) in [4.78, 5) is 11.3. The number of carbonyl (C=O) groups is 1. The molecule has 0 aromatic carbocycles. The Bertz CT molecular complexity index is 346. The smallest absolute Gasteiger partial charge is 0.221 e. The summed E-state index contributed by atoms with van der Waals surface area (Å²) in [6.07, 6.45) is 5.35. The molecule has 1 heterocycles. The zero-order valence-electron chi connectivity index (χ0n) is 10.9. The van der Waals surface area contributed by atoms with Gasteiger partial charge in [0.1, 0.15) is 0 Å². The normalized spacial score (nSPS) is 10.8. The molecule has 0 aliphatic carbocycles. The molecule has 5 nitrogen and oxygen atoms in total. The maximum atomic E-state index is 11.3. The number of amides is 1. The summed E-state index contributed by atoms with van der Waals surface area (Å²) in [6.45, 7) is 5.53. The van der Waals surface area contributed by atoms with Crippen LogP contribution in [0.4, 0.5) is 0 Å². The highest BCUT2D eigenvalue weighted by molar-refractivity contribution is 5.76. The van der Waals surface area contributed by atoms with Crippen molar-refractivity contribution in [1.29, 1.82) is 0 Å². The molecule has 17 heavy (non-hydrogen) atoms. The number of nitrogens with zero attached hydrogens (tertiary/aromatic N) is 2. The van der Waals surface area contributed by atoms with E-state index in [1.54, 1.807) is 4.68 Å². The van der Waals surface area contributed by atoms with Gasteiger partial charge in [0.25, 0.3) is 0 Å². The Morgan fingerprint density at radius 3 is 2.82 bits per heavy atom. The number of hydrogen-bond donors (Lipinski definition) is 2. The van der Waals surface area contributed by atoms with Gasteiger partial charge in [-0.3, -0.25) is 9.48 Å². The van der Waals surface area contributed by atoms with E-state index in [-0.39, 0.29) is 11.9 Å². The number of hydrogen-bond acceptors (Lipinski definition) is 3. The van der Waals surface area contributed by atoms with Gasteiger partial charge in [0.2, 0.25) is 5.91 Å². The molecule has 0 radical (unpaired) electrons. The molecule has 0 spiro atoms. The van der Waals surface area contributed by atoms with Crippen LogP contribution < -0.4 is 10.6 Å². The lowest BCUT2D eigenvalue weighted by Crippen LogP contribution is -2.32. The van der Waals surface area contributed by atoms with E-state index in [1.807, 2.05) is 33.3 Å². The van der Waals surface area contributed by atoms with Crippen LogP contribution in [0.5, 0.6) is 0 Å². The van der Waals surface area contributed by atoms with E-state index < -0.39 is 0 Å². The van der Waals surface area contributed by atoms with Gasteiger partial charge in [-0.25, -0.2) is 0 Å². The molecule has 96 valence electrons. The van der Waals surface area contributed by atoms with Crippen LogP contribution in [0.2, 0.25) is 0 Å². The zero-order chi connectivity index (χ0) is 12.7. The fraction of sp³-hybridized carbons (Fsp3) is 0.667. The van der Waals surface area contributed by atoms with E-state index >= 15 is 0 Å². The molecule has 0 aliphatic rings.